The van der Waals surface area contributed by atoms with Crippen LogP contribution in [0.25, 0.3) is 0 Å². The van der Waals surface area contributed by atoms with Crippen molar-refractivity contribution in [2.45, 2.75) is 29.7 Å². The summed E-state index contributed by atoms with van der Waals surface area (Å²) in [5, 5.41) is 4.41. The number of alkyl halides is 1. The normalized spacial score (nSPS) is 17.1. The van der Waals surface area contributed by atoms with Crippen LogP contribution in [0.15, 0.2) is 23.1 Å². The number of amides is 1. The molecule has 0 unspecified atom stereocenters. The van der Waals surface area contributed by atoms with Crippen molar-refractivity contribution in [3.63, 3.8) is 0 Å². The van der Waals surface area contributed by atoms with Gasteiger partial charge in [0, 0.05) is 10.2 Å². The third kappa shape index (κ3) is 2.86. The first-order valence-corrected chi connectivity index (χ1v) is 8.55. The van der Waals surface area contributed by atoms with E-state index in [1.54, 1.807) is 17.8 Å². The molecule has 1 aliphatic rings. The van der Waals surface area contributed by atoms with Crippen molar-refractivity contribution in [3.05, 3.63) is 28.8 Å². The minimum Gasteiger partial charge on any atom is -0.346 e. The molecule has 1 aliphatic carbocycles. The molecule has 1 fully saturated rings. The second kappa shape index (κ2) is 5.85. The molecule has 2 rings (SSSR count). The fourth-order valence-electron chi connectivity index (χ4n) is 2.01. The molecule has 5 heteroatoms. The van der Waals surface area contributed by atoms with E-state index >= 15 is 0 Å². The van der Waals surface area contributed by atoms with Crippen LogP contribution < -0.4 is 5.32 Å². The largest absolute Gasteiger partial charge is 0.346 e. The first-order valence-electron chi connectivity index (χ1n) is 5.82. The number of nitrogens with one attached hydrogen (secondary N) is 1. The quantitative estimate of drug-likeness (QED) is 0.655. The van der Waals surface area contributed by atoms with Gasteiger partial charge < -0.3 is 5.32 Å². The summed E-state index contributed by atoms with van der Waals surface area (Å²) in [6.07, 6.45) is 5.22. The summed E-state index contributed by atoms with van der Waals surface area (Å²) < 4.78 is 0. The summed E-state index contributed by atoms with van der Waals surface area (Å²) in [7, 11) is 0. The summed E-state index contributed by atoms with van der Waals surface area (Å²) >= 11 is 11.2. The first-order chi connectivity index (χ1) is 8.60. The van der Waals surface area contributed by atoms with Crippen LogP contribution in [0.2, 0.25) is 5.02 Å². The van der Waals surface area contributed by atoms with Gasteiger partial charge in [0.1, 0.15) is 0 Å². The Morgan fingerprint density at radius 3 is 2.78 bits per heavy atom. The van der Waals surface area contributed by atoms with Gasteiger partial charge in [-0.15, -0.1) is 11.8 Å². The highest BCUT2D eigenvalue weighted by Crippen LogP contribution is 2.34. The molecule has 1 saturated carbocycles. The van der Waals surface area contributed by atoms with Crippen molar-refractivity contribution in [3.8, 4) is 0 Å². The van der Waals surface area contributed by atoms with Crippen molar-refractivity contribution >= 4 is 45.2 Å². The van der Waals surface area contributed by atoms with E-state index < -0.39 is 0 Å². The lowest BCUT2D eigenvalue weighted by Crippen LogP contribution is -2.54. The standard InChI is InChI=1S/C13H15BrClNOS/c1-18-9-3-4-11(15)10(7-9)12(17)16-13(8-14)5-2-6-13/h3-4,7H,2,5-6,8H2,1H3,(H,16,17). The number of carbonyl (C=O) groups excluding carboxylic acids is 1. The zero-order valence-corrected chi connectivity index (χ0v) is 13.3. The maximum atomic E-state index is 12.3. The molecule has 0 atom stereocenters. The fraction of sp³-hybridized carbons (Fsp3) is 0.462. The predicted octanol–water partition coefficient (Wildman–Crippen LogP) is 4.11. The molecule has 1 N–H and O–H groups in total. The Morgan fingerprint density at radius 2 is 2.28 bits per heavy atom. The van der Waals surface area contributed by atoms with Gasteiger partial charge in [0.2, 0.25) is 0 Å². The molecule has 98 valence electrons. The number of thioether (sulfide) groups is 1. The Labute approximate surface area is 125 Å². The molecule has 0 saturated heterocycles. The van der Waals surface area contributed by atoms with Gasteiger partial charge >= 0.3 is 0 Å². The lowest BCUT2D eigenvalue weighted by molar-refractivity contribution is 0.0856. The first kappa shape index (κ1) is 14.2. The molecule has 0 bridgehead atoms. The third-order valence-corrected chi connectivity index (χ3v) is 5.49. The number of carbonyl (C=O) groups is 1. The molecule has 0 aliphatic heterocycles. The monoisotopic (exact) mass is 347 g/mol. The van der Waals surface area contributed by atoms with Crippen LogP contribution in [0.3, 0.4) is 0 Å². The van der Waals surface area contributed by atoms with Crippen LogP contribution in [0.5, 0.6) is 0 Å². The number of rotatable bonds is 4. The Morgan fingerprint density at radius 1 is 1.56 bits per heavy atom. The Bertz CT molecular complexity index is 457. The molecule has 1 aromatic rings. The zero-order valence-electron chi connectivity index (χ0n) is 10.1. The second-order valence-electron chi connectivity index (χ2n) is 4.57. The summed E-state index contributed by atoms with van der Waals surface area (Å²) in [6.45, 7) is 0. The lowest BCUT2D eigenvalue weighted by Gasteiger charge is -2.41. The highest BCUT2D eigenvalue weighted by molar-refractivity contribution is 9.09. The Kier molecular flexibility index (Phi) is 4.62. The summed E-state index contributed by atoms with van der Waals surface area (Å²) in [5.74, 6) is -0.0740. The average Bonchev–Trinajstić information content (AvgIpc) is 2.34. The smallest absolute Gasteiger partial charge is 0.253 e. The maximum Gasteiger partial charge on any atom is 0.253 e. The van der Waals surface area contributed by atoms with Crippen LogP contribution >= 0.6 is 39.3 Å². The van der Waals surface area contributed by atoms with Crippen molar-refractivity contribution in [2.24, 2.45) is 0 Å². The van der Waals surface area contributed by atoms with Crippen molar-refractivity contribution in [2.75, 3.05) is 11.6 Å². The van der Waals surface area contributed by atoms with Crippen LogP contribution in [-0.4, -0.2) is 23.0 Å². The third-order valence-electron chi connectivity index (χ3n) is 3.36. The van der Waals surface area contributed by atoms with E-state index in [0.717, 1.165) is 23.1 Å². The number of hydrogen-bond acceptors (Lipinski definition) is 2. The molecular weight excluding hydrogens is 334 g/mol. The van der Waals surface area contributed by atoms with Crippen LogP contribution in [0.4, 0.5) is 0 Å². The van der Waals surface area contributed by atoms with Crippen LogP contribution in [0, 0.1) is 0 Å². The van der Waals surface area contributed by atoms with Gasteiger partial charge in [-0.3, -0.25) is 4.79 Å². The van der Waals surface area contributed by atoms with Gasteiger partial charge in [0.05, 0.1) is 16.1 Å². The minimum atomic E-state index is -0.0740. The SMILES string of the molecule is CSc1ccc(Cl)c(C(=O)NC2(CBr)CCC2)c1. The molecule has 0 radical (unpaired) electrons. The lowest BCUT2D eigenvalue weighted by atomic mass is 9.78. The molecular formula is C13H15BrClNOS. The van der Waals surface area contributed by atoms with Gasteiger partial charge in [0.25, 0.3) is 5.91 Å². The van der Waals surface area contributed by atoms with Crippen molar-refractivity contribution in [1.82, 2.24) is 5.32 Å². The van der Waals surface area contributed by atoms with Gasteiger partial charge in [-0.25, -0.2) is 0 Å². The topological polar surface area (TPSA) is 29.1 Å². The summed E-state index contributed by atoms with van der Waals surface area (Å²) in [5.41, 5.74) is 0.492. The average molecular weight is 349 g/mol. The molecule has 0 heterocycles. The molecule has 18 heavy (non-hydrogen) atoms. The maximum absolute atomic E-state index is 12.3. The molecule has 0 spiro atoms. The van der Waals surface area contributed by atoms with E-state index in [1.807, 2.05) is 18.4 Å². The number of hydrogen-bond donors (Lipinski definition) is 1. The van der Waals surface area contributed by atoms with E-state index in [0.29, 0.717) is 10.6 Å². The Hall–Kier alpha value is -0.190. The number of halogens is 2. The predicted molar refractivity (Wildman–Crippen MR) is 81.1 cm³/mol. The molecule has 1 amide bonds. The molecule has 1 aromatic carbocycles. The van der Waals surface area contributed by atoms with Gasteiger partial charge in [-0.05, 0) is 43.7 Å². The second-order valence-corrected chi connectivity index (χ2v) is 6.42. The summed E-state index contributed by atoms with van der Waals surface area (Å²) in [6, 6.07) is 5.56. The van der Waals surface area contributed by atoms with Crippen molar-refractivity contribution < 1.29 is 4.79 Å². The number of benzene rings is 1. The fourth-order valence-corrected chi connectivity index (χ4v) is 3.35. The highest BCUT2D eigenvalue weighted by atomic mass is 79.9. The van der Waals surface area contributed by atoms with E-state index in [9.17, 15) is 4.79 Å². The van der Waals surface area contributed by atoms with E-state index in [4.69, 9.17) is 11.6 Å². The van der Waals surface area contributed by atoms with Gasteiger partial charge in [-0.2, -0.15) is 0 Å². The van der Waals surface area contributed by atoms with E-state index in [2.05, 4.69) is 21.2 Å². The van der Waals surface area contributed by atoms with Gasteiger partial charge in [0.15, 0.2) is 0 Å². The van der Waals surface area contributed by atoms with Crippen LogP contribution in [0.1, 0.15) is 29.6 Å². The minimum absolute atomic E-state index is 0.0736. The van der Waals surface area contributed by atoms with Gasteiger partial charge in [-0.1, -0.05) is 27.5 Å². The van der Waals surface area contributed by atoms with Crippen molar-refractivity contribution in [1.29, 1.82) is 0 Å². The summed E-state index contributed by atoms with van der Waals surface area (Å²) in [4.78, 5) is 13.3. The highest BCUT2D eigenvalue weighted by Gasteiger charge is 2.37. The zero-order chi connectivity index (χ0) is 13.2. The van der Waals surface area contributed by atoms with E-state index in [-0.39, 0.29) is 11.4 Å². The van der Waals surface area contributed by atoms with E-state index in [1.165, 1.54) is 6.42 Å². The molecule has 0 aromatic heterocycles. The Balaban J connectivity index is 2.18. The van der Waals surface area contributed by atoms with Crippen LogP contribution in [-0.2, 0) is 0 Å². The molecule has 2 nitrogen and oxygen atoms in total.